The second-order valence-electron chi connectivity index (χ2n) is 5.71. The highest BCUT2D eigenvalue weighted by molar-refractivity contribution is 5.98. The predicted octanol–water partition coefficient (Wildman–Crippen LogP) is 2.39. The summed E-state index contributed by atoms with van der Waals surface area (Å²) >= 11 is 0. The molecule has 6 heteroatoms. The van der Waals surface area contributed by atoms with Gasteiger partial charge in [0.25, 0.3) is 5.91 Å². The van der Waals surface area contributed by atoms with Crippen LogP contribution in [-0.4, -0.2) is 30.1 Å². The molecule has 1 aromatic carbocycles. The fourth-order valence-electron chi connectivity index (χ4n) is 2.54. The Hall–Kier alpha value is -2.37. The van der Waals surface area contributed by atoms with Gasteiger partial charge in [0.15, 0.2) is 6.10 Å². The molecular formula is C17H22N2O4. The van der Waals surface area contributed by atoms with Gasteiger partial charge in [-0.15, -0.1) is 0 Å². The summed E-state index contributed by atoms with van der Waals surface area (Å²) in [7, 11) is 0. The molecule has 23 heavy (non-hydrogen) atoms. The largest absolute Gasteiger partial charge is 0.449 e. The van der Waals surface area contributed by atoms with Crippen LogP contribution in [0.5, 0.6) is 0 Å². The first-order valence-corrected chi connectivity index (χ1v) is 7.93. The Morgan fingerprint density at radius 3 is 2.39 bits per heavy atom. The highest BCUT2D eigenvalue weighted by atomic mass is 16.5. The number of hydrogen-bond donors (Lipinski definition) is 2. The number of amides is 3. The number of carbonyl (C=O) groups is 3. The Morgan fingerprint density at radius 1 is 1.09 bits per heavy atom. The van der Waals surface area contributed by atoms with E-state index in [0.29, 0.717) is 5.56 Å². The van der Waals surface area contributed by atoms with Crippen molar-refractivity contribution in [2.75, 3.05) is 0 Å². The molecule has 0 radical (unpaired) electrons. The van der Waals surface area contributed by atoms with E-state index in [-0.39, 0.29) is 6.04 Å². The molecule has 2 N–H and O–H groups in total. The molecule has 2 rings (SSSR count). The Morgan fingerprint density at radius 2 is 1.74 bits per heavy atom. The monoisotopic (exact) mass is 318 g/mol. The van der Waals surface area contributed by atoms with E-state index >= 15 is 0 Å². The van der Waals surface area contributed by atoms with Crippen molar-refractivity contribution in [3.05, 3.63) is 35.9 Å². The van der Waals surface area contributed by atoms with E-state index in [2.05, 4.69) is 10.6 Å². The van der Waals surface area contributed by atoms with Crippen LogP contribution < -0.4 is 10.6 Å². The van der Waals surface area contributed by atoms with Gasteiger partial charge in [-0.2, -0.15) is 0 Å². The third-order valence-corrected chi connectivity index (χ3v) is 3.84. The predicted molar refractivity (Wildman–Crippen MR) is 84.9 cm³/mol. The van der Waals surface area contributed by atoms with Crippen molar-refractivity contribution < 1.29 is 19.1 Å². The van der Waals surface area contributed by atoms with Crippen molar-refractivity contribution in [3.63, 3.8) is 0 Å². The molecular weight excluding hydrogens is 296 g/mol. The maximum Gasteiger partial charge on any atom is 0.338 e. The number of hydrogen-bond acceptors (Lipinski definition) is 4. The second-order valence-corrected chi connectivity index (χ2v) is 5.71. The average molecular weight is 318 g/mol. The zero-order valence-electron chi connectivity index (χ0n) is 13.2. The highest BCUT2D eigenvalue weighted by Crippen LogP contribution is 2.17. The van der Waals surface area contributed by atoms with Crippen molar-refractivity contribution in [3.8, 4) is 0 Å². The Bertz CT molecular complexity index is 553. The second kappa shape index (κ2) is 8.31. The molecule has 0 heterocycles. The van der Waals surface area contributed by atoms with Crippen LogP contribution in [-0.2, 0) is 9.53 Å². The summed E-state index contributed by atoms with van der Waals surface area (Å²) in [5, 5.41) is 5.00. The lowest BCUT2D eigenvalue weighted by molar-refractivity contribution is -0.127. The average Bonchev–Trinajstić information content (AvgIpc) is 2.56. The fourth-order valence-corrected chi connectivity index (χ4v) is 2.54. The topological polar surface area (TPSA) is 84.5 Å². The van der Waals surface area contributed by atoms with Gasteiger partial charge in [0.05, 0.1) is 5.56 Å². The van der Waals surface area contributed by atoms with Crippen LogP contribution in [0.2, 0.25) is 0 Å². The summed E-state index contributed by atoms with van der Waals surface area (Å²) in [5.41, 5.74) is 0.360. The number of rotatable bonds is 4. The maximum atomic E-state index is 11.9. The molecule has 0 bridgehead atoms. The van der Waals surface area contributed by atoms with Gasteiger partial charge < -0.3 is 10.1 Å². The number of ether oxygens (including phenoxy) is 1. The number of carbonyl (C=O) groups excluding carboxylic acids is 3. The van der Waals surface area contributed by atoms with E-state index in [9.17, 15) is 14.4 Å². The van der Waals surface area contributed by atoms with Gasteiger partial charge in [-0.1, -0.05) is 37.5 Å². The van der Waals surface area contributed by atoms with Gasteiger partial charge in [-0.25, -0.2) is 9.59 Å². The standard InChI is InChI=1S/C17H22N2O4/c1-12(23-16(21)13-8-4-2-5-9-13)15(20)19-17(22)18-14-10-6-3-7-11-14/h2,4-5,8-9,12,14H,3,6-7,10-11H2,1H3,(H2,18,19,20,22)/t12-/m1/s1. The van der Waals surface area contributed by atoms with Crippen LogP contribution in [0.3, 0.4) is 0 Å². The summed E-state index contributed by atoms with van der Waals surface area (Å²) in [5.74, 6) is -1.23. The Balaban J connectivity index is 1.77. The number of imide groups is 1. The van der Waals surface area contributed by atoms with Crippen LogP contribution in [0.1, 0.15) is 49.4 Å². The van der Waals surface area contributed by atoms with Crippen molar-refractivity contribution in [2.24, 2.45) is 0 Å². The lowest BCUT2D eigenvalue weighted by atomic mass is 9.96. The number of benzene rings is 1. The zero-order valence-corrected chi connectivity index (χ0v) is 13.2. The molecule has 0 spiro atoms. The lowest BCUT2D eigenvalue weighted by Crippen LogP contribution is -2.48. The van der Waals surface area contributed by atoms with E-state index in [0.717, 1.165) is 25.7 Å². The first-order chi connectivity index (χ1) is 11.1. The molecule has 1 saturated carbocycles. The molecule has 0 aliphatic heterocycles. The summed E-state index contributed by atoms with van der Waals surface area (Å²) < 4.78 is 5.06. The van der Waals surface area contributed by atoms with Crippen LogP contribution in [0.25, 0.3) is 0 Å². The van der Waals surface area contributed by atoms with Crippen molar-refractivity contribution in [2.45, 2.75) is 51.2 Å². The van der Waals surface area contributed by atoms with Gasteiger partial charge in [0, 0.05) is 6.04 Å². The molecule has 124 valence electrons. The highest BCUT2D eigenvalue weighted by Gasteiger charge is 2.22. The third kappa shape index (κ3) is 5.39. The van der Waals surface area contributed by atoms with Crippen LogP contribution in [0, 0.1) is 0 Å². The van der Waals surface area contributed by atoms with Gasteiger partial charge in [0.1, 0.15) is 0 Å². The van der Waals surface area contributed by atoms with Crippen molar-refractivity contribution in [1.82, 2.24) is 10.6 Å². The Kier molecular flexibility index (Phi) is 6.14. The lowest BCUT2D eigenvalue weighted by Gasteiger charge is -2.23. The van der Waals surface area contributed by atoms with Gasteiger partial charge >= 0.3 is 12.0 Å². The molecule has 6 nitrogen and oxygen atoms in total. The van der Waals surface area contributed by atoms with Crippen LogP contribution >= 0.6 is 0 Å². The van der Waals surface area contributed by atoms with Crippen molar-refractivity contribution in [1.29, 1.82) is 0 Å². The van der Waals surface area contributed by atoms with E-state index in [1.807, 2.05) is 0 Å². The van der Waals surface area contributed by atoms with Gasteiger partial charge in [-0.3, -0.25) is 10.1 Å². The molecule has 1 fully saturated rings. The summed E-state index contributed by atoms with van der Waals surface area (Å²) in [6, 6.07) is 7.97. The normalized spacial score (nSPS) is 16.2. The zero-order chi connectivity index (χ0) is 16.7. The third-order valence-electron chi connectivity index (χ3n) is 3.84. The summed E-state index contributed by atoms with van der Waals surface area (Å²) in [6.45, 7) is 1.43. The molecule has 1 aromatic rings. The van der Waals surface area contributed by atoms with Crippen LogP contribution in [0.4, 0.5) is 4.79 Å². The van der Waals surface area contributed by atoms with Crippen molar-refractivity contribution >= 4 is 17.9 Å². The van der Waals surface area contributed by atoms with E-state index < -0.39 is 24.0 Å². The minimum Gasteiger partial charge on any atom is -0.449 e. The van der Waals surface area contributed by atoms with Gasteiger partial charge in [0.2, 0.25) is 0 Å². The van der Waals surface area contributed by atoms with Gasteiger partial charge in [-0.05, 0) is 31.9 Å². The number of urea groups is 1. The number of nitrogens with one attached hydrogen (secondary N) is 2. The molecule has 1 aliphatic rings. The summed E-state index contributed by atoms with van der Waals surface area (Å²) in [6.07, 6.45) is 4.18. The van der Waals surface area contributed by atoms with Crippen LogP contribution in [0.15, 0.2) is 30.3 Å². The van der Waals surface area contributed by atoms with E-state index in [4.69, 9.17) is 4.74 Å². The first kappa shape index (κ1) is 17.0. The quantitative estimate of drug-likeness (QED) is 0.835. The SMILES string of the molecule is C[C@@H](OC(=O)c1ccccc1)C(=O)NC(=O)NC1CCCCC1. The molecule has 0 saturated heterocycles. The first-order valence-electron chi connectivity index (χ1n) is 7.93. The minimum atomic E-state index is -1.04. The molecule has 3 amide bonds. The Labute approximate surface area is 135 Å². The summed E-state index contributed by atoms with van der Waals surface area (Å²) in [4.78, 5) is 35.6. The fraction of sp³-hybridized carbons (Fsp3) is 0.471. The minimum absolute atomic E-state index is 0.110. The molecule has 1 atom stereocenters. The maximum absolute atomic E-state index is 11.9. The van der Waals surface area contributed by atoms with E-state index in [1.165, 1.54) is 13.3 Å². The molecule has 1 aliphatic carbocycles. The number of esters is 1. The molecule has 0 unspecified atom stereocenters. The smallest absolute Gasteiger partial charge is 0.338 e. The molecule has 0 aromatic heterocycles. The van der Waals surface area contributed by atoms with E-state index in [1.54, 1.807) is 30.3 Å².